The number of rotatable bonds is 3. The third kappa shape index (κ3) is 2.18. The lowest BCUT2D eigenvalue weighted by Gasteiger charge is -2.11. The number of H-pyrrole nitrogens is 1. The van der Waals surface area contributed by atoms with Crippen molar-refractivity contribution in [1.82, 2.24) is 9.97 Å². The van der Waals surface area contributed by atoms with Crippen molar-refractivity contribution in [3.05, 3.63) is 30.1 Å². The van der Waals surface area contributed by atoms with Crippen molar-refractivity contribution in [2.24, 2.45) is 0 Å². The Morgan fingerprint density at radius 1 is 1.45 bits per heavy atom. The number of esters is 1. The number of carbonyl (C=O) groups is 2. The van der Waals surface area contributed by atoms with Crippen molar-refractivity contribution in [2.75, 3.05) is 6.61 Å². The molecule has 0 saturated carbocycles. The molecule has 0 bridgehead atoms. The van der Waals surface area contributed by atoms with Crippen LogP contribution in [0.15, 0.2) is 24.5 Å². The minimum atomic E-state index is -0.743. The number of fused-ring (bicyclic) bond motifs is 1. The number of para-hydroxylation sites is 1. The van der Waals surface area contributed by atoms with Crippen LogP contribution < -0.4 is 0 Å². The van der Waals surface area contributed by atoms with Gasteiger partial charge in [-0.1, -0.05) is 6.07 Å². The fourth-order valence-corrected chi connectivity index (χ4v) is 2.01. The molecule has 2 unspecified atom stereocenters. The maximum absolute atomic E-state index is 12.0. The van der Waals surface area contributed by atoms with Crippen LogP contribution in [0.2, 0.25) is 0 Å². The SMILES string of the molecule is CC1OC(=O)OC1COC(=O)c1cccc2[nH]cnc12. The predicted octanol–water partition coefficient (Wildman–Crippen LogP) is 1.64. The summed E-state index contributed by atoms with van der Waals surface area (Å²) in [6, 6.07) is 5.18. The third-order valence-corrected chi connectivity index (χ3v) is 3.10. The van der Waals surface area contributed by atoms with Gasteiger partial charge in [0, 0.05) is 0 Å². The Labute approximate surface area is 113 Å². The average molecular weight is 276 g/mol. The first-order valence-corrected chi connectivity index (χ1v) is 6.11. The molecule has 1 aliphatic rings. The number of nitrogens with one attached hydrogen (secondary N) is 1. The Hall–Kier alpha value is -2.57. The minimum absolute atomic E-state index is 0.0491. The molecule has 0 radical (unpaired) electrons. The van der Waals surface area contributed by atoms with Gasteiger partial charge in [-0.05, 0) is 19.1 Å². The van der Waals surface area contributed by atoms with Gasteiger partial charge in [-0.25, -0.2) is 14.6 Å². The zero-order valence-electron chi connectivity index (χ0n) is 10.7. The topological polar surface area (TPSA) is 90.5 Å². The molecule has 7 nitrogen and oxygen atoms in total. The van der Waals surface area contributed by atoms with E-state index in [2.05, 4.69) is 9.97 Å². The molecule has 1 aliphatic heterocycles. The molecular formula is C13H12N2O5. The van der Waals surface area contributed by atoms with Crippen molar-refractivity contribution in [2.45, 2.75) is 19.1 Å². The number of ether oxygens (including phenoxy) is 3. The van der Waals surface area contributed by atoms with Crippen LogP contribution in [0.3, 0.4) is 0 Å². The van der Waals surface area contributed by atoms with E-state index in [4.69, 9.17) is 14.2 Å². The normalized spacial score (nSPS) is 21.6. The van der Waals surface area contributed by atoms with E-state index in [0.29, 0.717) is 11.1 Å². The molecule has 1 aromatic heterocycles. The average Bonchev–Trinajstić information content (AvgIpc) is 3.01. The largest absolute Gasteiger partial charge is 0.509 e. The molecular weight excluding hydrogens is 264 g/mol. The summed E-state index contributed by atoms with van der Waals surface area (Å²) in [7, 11) is 0. The van der Waals surface area contributed by atoms with Gasteiger partial charge in [0.1, 0.15) is 18.2 Å². The maximum Gasteiger partial charge on any atom is 0.509 e. The van der Waals surface area contributed by atoms with Crippen LogP contribution in [0, 0.1) is 0 Å². The van der Waals surface area contributed by atoms with E-state index in [-0.39, 0.29) is 6.61 Å². The molecule has 1 aromatic carbocycles. The first kappa shape index (κ1) is 12.5. The molecule has 2 heterocycles. The molecule has 0 aliphatic carbocycles. The standard InChI is InChI=1S/C13H12N2O5/c1-7-10(20-13(17)19-7)5-18-12(16)8-3-2-4-9-11(8)15-6-14-9/h2-4,6-7,10H,5H2,1H3,(H,14,15). The molecule has 0 spiro atoms. The van der Waals surface area contributed by atoms with E-state index in [0.717, 1.165) is 5.52 Å². The monoisotopic (exact) mass is 276 g/mol. The lowest BCUT2D eigenvalue weighted by Crippen LogP contribution is -2.26. The molecule has 20 heavy (non-hydrogen) atoms. The minimum Gasteiger partial charge on any atom is -0.458 e. The zero-order chi connectivity index (χ0) is 14.1. The van der Waals surface area contributed by atoms with E-state index in [1.807, 2.05) is 6.07 Å². The number of nitrogens with zero attached hydrogens (tertiary/aromatic N) is 1. The molecule has 2 atom stereocenters. The van der Waals surface area contributed by atoms with Crippen LogP contribution in [0.4, 0.5) is 4.79 Å². The Morgan fingerprint density at radius 3 is 3.05 bits per heavy atom. The number of cyclic esters (lactones) is 2. The summed E-state index contributed by atoms with van der Waals surface area (Å²) in [5.41, 5.74) is 1.66. The van der Waals surface area contributed by atoms with E-state index in [1.54, 1.807) is 19.1 Å². The number of benzene rings is 1. The first-order valence-electron chi connectivity index (χ1n) is 6.11. The molecule has 1 fully saturated rings. The molecule has 3 rings (SSSR count). The first-order chi connectivity index (χ1) is 9.65. The highest BCUT2D eigenvalue weighted by molar-refractivity contribution is 6.01. The Morgan fingerprint density at radius 2 is 2.30 bits per heavy atom. The summed E-state index contributed by atoms with van der Waals surface area (Å²) >= 11 is 0. The summed E-state index contributed by atoms with van der Waals surface area (Å²) < 4.78 is 14.8. The van der Waals surface area contributed by atoms with E-state index < -0.39 is 24.3 Å². The van der Waals surface area contributed by atoms with E-state index in [9.17, 15) is 9.59 Å². The molecule has 1 N–H and O–H groups in total. The highest BCUT2D eigenvalue weighted by atomic mass is 16.8. The fourth-order valence-electron chi connectivity index (χ4n) is 2.01. The van der Waals surface area contributed by atoms with Crippen LogP contribution in [0.5, 0.6) is 0 Å². The number of carbonyl (C=O) groups excluding carboxylic acids is 2. The van der Waals surface area contributed by atoms with Crippen LogP contribution >= 0.6 is 0 Å². The Balaban J connectivity index is 1.71. The van der Waals surface area contributed by atoms with E-state index >= 15 is 0 Å². The van der Waals surface area contributed by atoms with Gasteiger partial charge in [0.25, 0.3) is 0 Å². The van der Waals surface area contributed by atoms with Gasteiger partial charge in [-0.3, -0.25) is 0 Å². The van der Waals surface area contributed by atoms with Gasteiger partial charge in [-0.2, -0.15) is 0 Å². The molecule has 2 aromatic rings. The maximum atomic E-state index is 12.0. The summed E-state index contributed by atoms with van der Waals surface area (Å²) in [6.07, 6.45) is -0.245. The van der Waals surface area contributed by atoms with Gasteiger partial charge in [0.2, 0.25) is 0 Å². The third-order valence-electron chi connectivity index (χ3n) is 3.10. The van der Waals surface area contributed by atoms with Crippen molar-refractivity contribution >= 4 is 23.2 Å². The second-order valence-electron chi connectivity index (χ2n) is 4.43. The summed E-state index contributed by atoms with van der Waals surface area (Å²) in [5, 5.41) is 0. The van der Waals surface area contributed by atoms with Crippen LogP contribution in [0.25, 0.3) is 11.0 Å². The molecule has 0 amide bonds. The number of hydrogen-bond acceptors (Lipinski definition) is 6. The lowest BCUT2D eigenvalue weighted by atomic mass is 10.2. The molecule has 1 saturated heterocycles. The van der Waals surface area contributed by atoms with Crippen molar-refractivity contribution < 1.29 is 23.8 Å². The van der Waals surface area contributed by atoms with Gasteiger partial charge >= 0.3 is 12.1 Å². The van der Waals surface area contributed by atoms with Gasteiger partial charge in [0.05, 0.1) is 17.4 Å². The number of imidazole rings is 1. The number of aromatic nitrogens is 2. The molecule has 7 heteroatoms. The van der Waals surface area contributed by atoms with Crippen LogP contribution in [-0.4, -0.2) is 40.9 Å². The van der Waals surface area contributed by atoms with Gasteiger partial charge < -0.3 is 19.2 Å². The smallest absolute Gasteiger partial charge is 0.458 e. The van der Waals surface area contributed by atoms with Crippen LogP contribution in [-0.2, 0) is 14.2 Å². The summed E-state index contributed by atoms with van der Waals surface area (Å²) in [5.74, 6) is -0.516. The quantitative estimate of drug-likeness (QED) is 0.857. The molecule has 104 valence electrons. The zero-order valence-corrected chi connectivity index (χ0v) is 10.7. The van der Waals surface area contributed by atoms with E-state index in [1.165, 1.54) is 6.33 Å². The van der Waals surface area contributed by atoms with Crippen molar-refractivity contribution in [3.8, 4) is 0 Å². The second kappa shape index (κ2) is 4.84. The van der Waals surface area contributed by atoms with Gasteiger partial charge in [0.15, 0.2) is 6.10 Å². The fraction of sp³-hybridized carbons (Fsp3) is 0.308. The highest BCUT2D eigenvalue weighted by Crippen LogP contribution is 2.18. The summed E-state index contributed by atoms with van der Waals surface area (Å²) in [4.78, 5) is 30.0. The van der Waals surface area contributed by atoms with Crippen LogP contribution in [0.1, 0.15) is 17.3 Å². The Bertz CT molecular complexity index is 666. The number of aromatic amines is 1. The predicted molar refractivity (Wildman–Crippen MR) is 67.2 cm³/mol. The highest BCUT2D eigenvalue weighted by Gasteiger charge is 2.34. The second-order valence-corrected chi connectivity index (χ2v) is 4.43. The summed E-state index contributed by atoms with van der Waals surface area (Å²) in [6.45, 7) is 1.63. The lowest BCUT2D eigenvalue weighted by molar-refractivity contribution is 0.0250. The van der Waals surface area contributed by atoms with Crippen molar-refractivity contribution in [1.29, 1.82) is 0 Å². The number of hydrogen-bond donors (Lipinski definition) is 1. The van der Waals surface area contributed by atoms with Crippen molar-refractivity contribution in [3.63, 3.8) is 0 Å². The van der Waals surface area contributed by atoms with Gasteiger partial charge in [-0.15, -0.1) is 0 Å². The Kier molecular flexibility index (Phi) is 3.02.